The molecule has 0 aromatic heterocycles. The Morgan fingerprint density at radius 2 is 2.03 bits per heavy atom. The summed E-state index contributed by atoms with van der Waals surface area (Å²) in [5.74, 6) is 3.58. The largest absolute Gasteiger partial charge is 0.490 e. The number of benzene rings is 2. The molecule has 0 radical (unpaired) electrons. The minimum atomic E-state index is -1.34. The molecule has 0 spiro atoms. The zero-order valence-electron chi connectivity index (χ0n) is 18.9. The summed E-state index contributed by atoms with van der Waals surface area (Å²) >= 11 is 0. The van der Waals surface area contributed by atoms with Gasteiger partial charge in [-0.05, 0) is 76.3 Å². The third-order valence-electron chi connectivity index (χ3n) is 6.57. The van der Waals surface area contributed by atoms with E-state index in [0.717, 1.165) is 59.9 Å². The minimum Gasteiger partial charge on any atom is -0.490 e. The van der Waals surface area contributed by atoms with Crippen molar-refractivity contribution in [3.8, 4) is 22.9 Å². The zero-order valence-corrected chi connectivity index (χ0v) is 19.7. The summed E-state index contributed by atoms with van der Waals surface area (Å²) in [5.41, 5.74) is 5.85. The van der Waals surface area contributed by atoms with Gasteiger partial charge in [-0.2, -0.15) is 5.26 Å². The third-order valence-corrected chi connectivity index (χ3v) is 9.96. The van der Waals surface area contributed by atoms with Crippen LogP contribution in [-0.4, -0.2) is 35.3 Å². The summed E-state index contributed by atoms with van der Waals surface area (Å²) in [6.07, 6.45) is 7.45. The Balaban J connectivity index is 1.63. The SMILES string of the molecule is CCS1(N=O)CCC(Oc2cc(-c3cccc(CCC#N)c3)cc3c2CN(C)C=C3)CC1. The molecule has 2 aliphatic rings. The predicted molar refractivity (Wildman–Crippen MR) is 134 cm³/mol. The monoisotopic (exact) mass is 449 g/mol. The molecule has 2 heterocycles. The Labute approximate surface area is 192 Å². The molecular weight excluding hydrogens is 418 g/mol. The summed E-state index contributed by atoms with van der Waals surface area (Å²) in [4.78, 5) is 13.6. The summed E-state index contributed by atoms with van der Waals surface area (Å²) in [7, 11) is 0.733. The van der Waals surface area contributed by atoms with Gasteiger partial charge < -0.3 is 9.64 Å². The number of hydrogen-bond donors (Lipinski definition) is 0. The summed E-state index contributed by atoms with van der Waals surface area (Å²) in [5, 5.41) is 8.92. The molecule has 2 aromatic rings. The third kappa shape index (κ3) is 4.83. The first-order chi connectivity index (χ1) is 15.6. The molecule has 0 atom stereocenters. The molecule has 1 saturated heterocycles. The number of nitriles is 1. The highest BCUT2D eigenvalue weighted by Gasteiger charge is 2.32. The lowest BCUT2D eigenvalue weighted by Crippen LogP contribution is -2.29. The fourth-order valence-corrected chi connectivity index (χ4v) is 6.97. The van der Waals surface area contributed by atoms with Crippen LogP contribution in [0, 0.1) is 16.2 Å². The number of rotatable bonds is 7. The van der Waals surface area contributed by atoms with Crippen LogP contribution in [0.4, 0.5) is 0 Å². The minimum absolute atomic E-state index is 0.126. The van der Waals surface area contributed by atoms with Crippen molar-refractivity contribution in [3.63, 3.8) is 0 Å². The molecule has 0 aliphatic carbocycles. The predicted octanol–water partition coefficient (Wildman–Crippen LogP) is 6.27. The first-order valence-corrected chi connectivity index (χ1v) is 13.4. The molecule has 0 saturated carbocycles. The Hall–Kier alpha value is -2.78. The molecule has 0 unspecified atom stereocenters. The first kappa shape index (κ1) is 22.4. The Morgan fingerprint density at radius 3 is 2.75 bits per heavy atom. The molecule has 0 amide bonds. The van der Waals surface area contributed by atoms with E-state index in [1.54, 1.807) is 0 Å². The van der Waals surface area contributed by atoms with Crippen LogP contribution in [-0.2, 0) is 13.0 Å². The van der Waals surface area contributed by atoms with E-state index < -0.39 is 10.2 Å². The van der Waals surface area contributed by atoms with Gasteiger partial charge in [-0.3, -0.25) is 0 Å². The van der Waals surface area contributed by atoms with Crippen molar-refractivity contribution < 1.29 is 4.74 Å². The van der Waals surface area contributed by atoms with Gasteiger partial charge >= 0.3 is 0 Å². The van der Waals surface area contributed by atoms with Crippen molar-refractivity contribution in [3.05, 3.63) is 64.2 Å². The molecule has 0 bridgehead atoms. The Kier molecular flexibility index (Phi) is 6.86. The van der Waals surface area contributed by atoms with E-state index in [4.69, 9.17) is 10.00 Å². The maximum absolute atomic E-state index is 11.4. The van der Waals surface area contributed by atoms with Crippen molar-refractivity contribution in [1.29, 1.82) is 5.26 Å². The van der Waals surface area contributed by atoms with Crippen LogP contribution < -0.4 is 4.74 Å². The maximum atomic E-state index is 11.4. The molecule has 2 aromatic carbocycles. The maximum Gasteiger partial charge on any atom is 0.125 e. The van der Waals surface area contributed by atoms with E-state index in [1.807, 2.05) is 0 Å². The van der Waals surface area contributed by atoms with Crippen LogP contribution in [0.15, 0.2) is 47.2 Å². The van der Waals surface area contributed by atoms with Gasteiger partial charge in [-0.15, -0.1) is 15.1 Å². The fourth-order valence-electron chi connectivity index (χ4n) is 4.53. The second-order valence-electron chi connectivity index (χ2n) is 8.72. The zero-order chi connectivity index (χ0) is 22.6. The van der Waals surface area contributed by atoms with E-state index in [1.165, 1.54) is 16.7 Å². The lowest BCUT2D eigenvalue weighted by Gasteiger charge is -2.38. The second-order valence-corrected chi connectivity index (χ2v) is 12.3. The molecule has 4 rings (SSSR count). The van der Waals surface area contributed by atoms with Crippen LogP contribution in [0.5, 0.6) is 5.75 Å². The topological polar surface area (TPSA) is 65.7 Å². The number of fused-ring (bicyclic) bond motifs is 1. The smallest absolute Gasteiger partial charge is 0.125 e. The van der Waals surface area contributed by atoms with Gasteiger partial charge in [0, 0.05) is 37.1 Å². The van der Waals surface area contributed by atoms with Gasteiger partial charge in [0.25, 0.3) is 0 Å². The van der Waals surface area contributed by atoms with E-state index >= 15 is 0 Å². The van der Waals surface area contributed by atoms with E-state index in [0.29, 0.717) is 6.42 Å². The molecule has 6 heteroatoms. The van der Waals surface area contributed by atoms with Crippen molar-refractivity contribution in [2.75, 3.05) is 24.3 Å². The van der Waals surface area contributed by atoms with Crippen molar-refractivity contribution >= 4 is 16.3 Å². The molecule has 0 N–H and O–H groups in total. The van der Waals surface area contributed by atoms with Gasteiger partial charge in [-0.1, -0.05) is 31.2 Å². The Morgan fingerprint density at radius 1 is 1.22 bits per heavy atom. The molecule has 168 valence electrons. The fraction of sp³-hybridized carbons (Fsp3) is 0.423. The molecule has 1 fully saturated rings. The van der Waals surface area contributed by atoms with Crippen LogP contribution in [0.25, 0.3) is 17.2 Å². The number of nitroso groups, excluding NO2 is 1. The van der Waals surface area contributed by atoms with E-state index in [-0.39, 0.29) is 6.10 Å². The number of hydrogen-bond acceptors (Lipinski definition) is 5. The standard InChI is InChI=1S/C26H31N3O2S/c1-3-32(28-30)14-10-24(11-15-32)31-26-18-23(17-22-9-13-29(2)19-25(22)26)21-8-4-6-20(16-21)7-5-12-27/h4,6,8-9,13,16-18,24H,3,5,7,10-11,14-15,19H2,1-2H3. The molecule has 2 aliphatic heterocycles. The van der Waals surface area contributed by atoms with Gasteiger partial charge in [0.05, 0.1) is 6.07 Å². The van der Waals surface area contributed by atoms with Gasteiger partial charge in [0.1, 0.15) is 11.9 Å². The molecule has 5 nitrogen and oxygen atoms in total. The van der Waals surface area contributed by atoms with Gasteiger partial charge in [0.15, 0.2) is 0 Å². The normalized spacial score (nSPS) is 24.2. The summed E-state index contributed by atoms with van der Waals surface area (Å²) < 4.78 is 10.2. The molecular formula is C26H31N3O2S. The lowest BCUT2D eigenvalue weighted by atomic mass is 9.94. The lowest BCUT2D eigenvalue weighted by molar-refractivity contribution is 0.188. The van der Waals surface area contributed by atoms with Gasteiger partial charge in [-0.25, -0.2) is 0 Å². The van der Waals surface area contributed by atoms with Crippen LogP contribution >= 0.6 is 10.2 Å². The number of aryl methyl sites for hydroxylation is 1. The van der Waals surface area contributed by atoms with Crippen molar-refractivity contribution in [2.24, 2.45) is 4.58 Å². The van der Waals surface area contributed by atoms with Crippen LogP contribution in [0.3, 0.4) is 0 Å². The highest BCUT2D eigenvalue weighted by molar-refractivity contribution is 8.32. The van der Waals surface area contributed by atoms with Crippen molar-refractivity contribution in [1.82, 2.24) is 4.90 Å². The average Bonchev–Trinajstić information content (AvgIpc) is 2.83. The number of nitrogens with zero attached hydrogens (tertiary/aromatic N) is 3. The second kappa shape index (κ2) is 9.79. The van der Waals surface area contributed by atoms with Crippen LogP contribution in [0.1, 0.15) is 42.9 Å². The summed E-state index contributed by atoms with van der Waals surface area (Å²) in [6, 6.07) is 15.1. The quantitative estimate of drug-likeness (QED) is 0.467. The van der Waals surface area contributed by atoms with E-state index in [2.05, 4.69) is 78.2 Å². The highest BCUT2D eigenvalue weighted by Crippen LogP contribution is 2.53. The first-order valence-electron chi connectivity index (χ1n) is 11.3. The average molecular weight is 450 g/mol. The van der Waals surface area contributed by atoms with Crippen molar-refractivity contribution in [2.45, 2.75) is 45.3 Å². The highest BCUT2D eigenvalue weighted by atomic mass is 32.3. The Bertz CT molecular complexity index is 1050. The number of ether oxygens (including phenoxy) is 1. The van der Waals surface area contributed by atoms with Crippen LogP contribution in [0.2, 0.25) is 0 Å². The van der Waals surface area contributed by atoms with Gasteiger partial charge in [0.2, 0.25) is 0 Å². The van der Waals surface area contributed by atoms with E-state index in [9.17, 15) is 4.91 Å². The molecule has 32 heavy (non-hydrogen) atoms. The summed E-state index contributed by atoms with van der Waals surface area (Å²) in [6.45, 7) is 2.90.